The number of hydrogen-bond donors (Lipinski definition) is 3. The maximum Gasteiger partial charge on any atom is 0.101 e. The second-order valence-electron chi connectivity index (χ2n) is 7.06. The average Bonchev–Trinajstić information content (AvgIpc) is 2.27. The van der Waals surface area contributed by atoms with Gasteiger partial charge >= 0.3 is 0 Å². The van der Waals surface area contributed by atoms with Gasteiger partial charge in [0.25, 0.3) is 0 Å². The van der Waals surface area contributed by atoms with Gasteiger partial charge in [-0.05, 0) is 58.7 Å². The first kappa shape index (κ1) is 14.7. The molecule has 1 aliphatic rings. The van der Waals surface area contributed by atoms with Gasteiger partial charge in [0, 0.05) is 22.8 Å². The summed E-state index contributed by atoms with van der Waals surface area (Å²) >= 11 is 0. The van der Waals surface area contributed by atoms with Crippen LogP contribution in [0.5, 0.6) is 0 Å². The first-order valence-electron chi connectivity index (χ1n) is 7.06. The molecule has 0 radical (unpaired) electrons. The van der Waals surface area contributed by atoms with Crippen LogP contribution in [0.3, 0.4) is 0 Å². The molecule has 0 spiro atoms. The van der Waals surface area contributed by atoms with Crippen molar-refractivity contribution in [1.29, 1.82) is 5.26 Å². The first-order valence-corrected chi connectivity index (χ1v) is 7.06. The number of anilines is 2. The van der Waals surface area contributed by atoms with Gasteiger partial charge in [0.2, 0.25) is 0 Å². The van der Waals surface area contributed by atoms with Crippen molar-refractivity contribution < 1.29 is 0 Å². The average molecular weight is 272 g/mol. The van der Waals surface area contributed by atoms with Crippen LogP contribution in [0.1, 0.15) is 46.1 Å². The van der Waals surface area contributed by atoms with Gasteiger partial charge in [0.1, 0.15) is 6.07 Å². The van der Waals surface area contributed by atoms with E-state index in [1.807, 2.05) is 12.1 Å². The fraction of sp³-hybridized carbons (Fsp3) is 0.562. The standard InChI is InChI=1S/C16H24N4/c1-15(2)8-13(9-16(3,4)20-15)19-14-6-5-12(18)7-11(14)10-17/h5-7,13,19-20H,8-9,18H2,1-4H3. The molecule has 0 aliphatic carbocycles. The molecule has 1 aliphatic heterocycles. The fourth-order valence-electron chi connectivity index (χ4n) is 3.42. The lowest BCUT2D eigenvalue weighted by atomic mass is 9.79. The van der Waals surface area contributed by atoms with E-state index in [-0.39, 0.29) is 11.1 Å². The summed E-state index contributed by atoms with van der Waals surface area (Å²) in [5.41, 5.74) is 8.01. The SMILES string of the molecule is CC1(C)CC(Nc2ccc(N)cc2C#N)CC(C)(C)N1. The van der Waals surface area contributed by atoms with E-state index < -0.39 is 0 Å². The summed E-state index contributed by atoms with van der Waals surface area (Å²) in [5, 5.41) is 16.4. The highest BCUT2D eigenvalue weighted by Crippen LogP contribution is 2.31. The lowest BCUT2D eigenvalue weighted by Crippen LogP contribution is -2.60. The minimum Gasteiger partial charge on any atom is -0.399 e. The molecule has 1 aromatic rings. The van der Waals surface area contributed by atoms with Crippen molar-refractivity contribution in [3.63, 3.8) is 0 Å². The summed E-state index contributed by atoms with van der Waals surface area (Å²) in [7, 11) is 0. The summed E-state index contributed by atoms with van der Waals surface area (Å²) < 4.78 is 0. The van der Waals surface area contributed by atoms with Gasteiger partial charge < -0.3 is 16.4 Å². The predicted molar refractivity (Wildman–Crippen MR) is 83.5 cm³/mol. The molecule has 0 unspecified atom stereocenters. The van der Waals surface area contributed by atoms with E-state index in [9.17, 15) is 5.26 Å². The molecular weight excluding hydrogens is 248 g/mol. The zero-order valence-corrected chi connectivity index (χ0v) is 12.7. The van der Waals surface area contributed by atoms with E-state index in [0.717, 1.165) is 18.5 Å². The topological polar surface area (TPSA) is 73.9 Å². The molecule has 4 heteroatoms. The van der Waals surface area contributed by atoms with Gasteiger partial charge in [0.15, 0.2) is 0 Å². The van der Waals surface area contributed by atoms with Crippen LogP contribution >= 0.6 is 0 Å². The van der Waals surface area contributed by atoms with Crippen LogP contribution in [0, 0.1) is 11.3 Å². The number of hydrogen-bond acceptors (Lipinski definition) is 4. The van der Waals surface area contributed by atoms with Gasteiger partial charge in [-0.3, -0.25) is 0 Å². The Bertz CT molecular complexity index is 524. The highest BCUT2D eigenvalue weighted by atomic mass is 15.1. The lowest BCUT2D eigenvalue weighted by Gasteiger charge is -2.47. The highest BCUT2D eigenvalue weighted by Gasteiger charge is 2.37. The minimum atomic E-state index is 0.0834. The van der Waals surface area contributed by atoms with Crippen LogP contribution in [0.2, 0.25) is 0 Å². The molecule has 1 fully saturated rings. The second-order valence-corrected chi connectivity index (χ2v) is 7.06. The van der Waals surface area contributed by atoms with Crippen LogP contribution in [0.4, 0.5) is 11.4 Å². The number of nitrogens with two attached hydrogens (primary N) is 1. The summed E-state index contributed by atoms with van der Waals surface area (Å²) in [6, 6.07) is 8.01. The number of nitrogens with zero attached hydrogens (tertiary/aromatic N) is 1. The summed E-state index contributed by atoms with van der Waals surface area (Å²) in [4.78, 5) is 0. The van der Waals surface area contributed by atoms with Crippen molar-refractivity contribution in [2.24, 2.45) is 0 Å². The van der Waals surface area contributed by atoms with Crippen LogP contribution in [0.15, 0.2) is 18.2 Å². The molecule has 4 nitrogen and oxygen atoms in total. The van der Waals surface area contributed by atoms with Crippen molar-refractivity contribution in [2.75, 3.05) is 11.1 Å². The summed E-state index contributed by atoms with van der Waals surface area (Å²) in [6.45, 7) is 8.88. The van der Waals surface area contributed by atoms with Crippen LogP contribution in [-0.4, -0.2) is 17.1 Å². The fourth-order valence-corrected chi connectivity index (χ4v) is 3.42. The van der Waals surface area contributed by atoms with E-state index in [0.29, 0.717) is 17.3 Å². The first-order chi connectivity index (χ1) is 9.21. The van der Waals surface area contributed by atoms with Crippen LogP contribution in [-0.2, 0) is 0 Å². The minimum absolute atomic E-state index is 0.0834. The van der Waals surface area contributed by atoms with E-state index in [4.69, 9.17) is 5.73 Å². The Morgan fingerprint density at radius 3 is 2.40 bits per heavy atom. The van der Waals surface area contributed by atoms with Crippen molar-refractivity contribution in [2.45, 2.75) is 57.7 Å². The zero-order valence-electron chi connectivity index (χ0n) is 12.7. The quantitative estimate of drug-likeness (QED) is 0.724. The summed E-state index contributed by atoms with van der Waals surface area (Å²) in [6.07, 6.45) is 2.04. The van der Waals surface area contributed by atoms with E-state index in [2.05, 4.69) is 44.4 Å². The zero-order chi connectivity index (χ0) is 15.0. The van der Waals surface area contributed by atoms with Gasteiger partial charge in [-0.25, -0.2) is 0 Å². The largest absolute Gasteiger partial charge is 0.399 e. The molecule has 1 heterocycles. The smallest absolute Gasteiger partial charge is 0.101 e. The molecule has 1 aromatic carbocycles. The van der Waals surface area contributed by atoms with Crippen molar-refractivity contribution in [3.05, 3.63) is 23.8 Å². The number of rotatable bonds is 2. The lowest BCUT2D eigenvalue weighted by molar-refractivity contribution is 0.170. The molecule has 0 aromatic heterocycles. The van der Waals surface area contributed by atoms with Gasteiger partial charge in [-0.2, -0.15) is 5.26 Å². The molecule has 0 saturated carbocycles. The molecule has 4 N–H and O–H groups in total. The van der Waals surface area contributed by atoms with Crippen molar-refractivity contribution >= 4 is 11.4 Å². The molecule has 2 rings (SSSR count). The third-order valence-corrected chi connectivity index (χ3v) is 3.71. The number of piperidine rings is 1. The van der Waals surface area contributed by atoms with Crippen LogP contribution < -0.4 is 16.4 Å². The van der Waals surface area contributed by atoms with E-state index in [1.54, 1.807) is 6.07 Å². The normalized spacial score (nSPS) is 21.1. The molecule has 0 amide bonds. The van der Waals surface area contributed by atoms with Gasteiger partial charge in [-0.1, -0.05) is 0 Å². The summed E-state index contributed by atoms with van der Waals surface area (Å²) in [5.74, 6) is 0. The molecule has 1 saturated heterocycles. The number of nitrogens with one attached hydrogen (secondary N) is 2. The Hall–Kier alpha value is -1.73. The third kappa shape index (κ3) is 3.43. The highest BCUT2D eigenvalue weighted by molar-refractivity contribution is 5.63. The van der Waals surface area contributed by atoms with E-state index >= 15 is 0 Å². The molecule has 108 valence electrons. The number of nitrogen functional groups attached to an aromatic ring is 1. The van der Waals surface area contributed by atoms with Crippen molar-refractivity contribution in [3.8, 4) is 6.07 Å². The predicted octanol–water partition coefficient (Wildman–Crippen LogP) is 2.86. The second kappa shape index (κ2) is 4.99. The monoisotopic (exact) mass is 272 g/mol. The molecule has 0 atom stereocenters. The van der Waals surface area contributed by atoms with Crippen molar-refractivity contribution in [1.82, 2.24) is 5.32 Å². The Labute approximate surface area is 121 Å². The Morgan fingerprint density at radius 2 is 1.85 bits per heavy atom. The Morgan fingerprint density at radius 1 is 1.25 bits per heavy atom. The number of benzene rings is 1. The van der Waals surface area contributed by atoms with Gasteiger partial charge in [-0.15, -0.1) is 0 Å². The van der Waals surface area contributed by atoms with E-state index in [1.165, 1.54) is 0 Å². The maximum atomic E-state index is 9.22. The maximum absolute atomic E-state index is 9.22. The van der Waals surface area contributed by atoms with Gasteiger partial charge in [0.05, 0.1) is 11.3 Å². The molecular formula is C16H24N4. The Balaban J connectivity index is 2.20. The Kier molecular flexibility index (Phi) is 3.66. The van der Waals surface area contributed by atoms with Crippen LogP contribution in [0.25, 0.3) is 0 Å². The number of nitriles is 1. The molecule has 0 bridgehead atoms. The third-order valence-electron chi connectivity index (χ3n) is 3.71. The molecule has 20 heavy (non-hydrogen) atoms.